The molecule has 0 radical (unpaired) electrons. The Morgan fingerprint density at radius 1 is 1.41 bits per heavy atom. The van der Waals surface area contributed by atoms with Gasteiger partial charge in [0.05, 0.1) is 7.11 Å². The first-order valence-corrected chi connectivity index (χ1v) is 7.48. The minimum atomic E-state index is -0.488. The molecule has 1 saturated heterocycles. The number of aromatic nitrogens is 2. The number of amides is 1. The molecule has 1 aliphatic heterocycles. The lowest BCUT2D eigenvalue weighted by Crippen LogP contribution is -2.49. The van der Waals surface area contributed by atoms with E-state index in [9.17, 15) is 4.79 Å². The van der Waals surface area contributed by atoms with Gasteiger partial charge in [0.1, 0.15) is 17.7 Å². The van der Waals surface area contributed by atoms with E-state index in [1.54, 1.807) is 13.2 Å². The molecular formula is C15H24N4O3. The molecule has 0 aromatic carbocycles. The average molecular weight is 308 g/mol. The highest BCUT2D eigenvalue weighted by molar-refractivity contribution is 5.68. The number of alkyl carbamates (subject to hydrolysis) is 1. The highest BCUT2D eigenvalue weighted by Crippen LogP contribution is 2.20. The fourth-order valence-corrected chi connectivity index (χ4v) is 2.39. The number of nitrogens with zero attached hydrogens (tertiary/aromatic N) is 3. The van der Waals surface area contributed by atoms with Crippen LogP contribution in [-0.4, -0.2) is 47.9 Å². The summed E-state index contributed by atoms with van der Waals surface area (Å²) >= 11 is 0. The van der Waals surface area contributed by atoms with E-state index in [2.05, 4.69) is 20.2 Å². The van der Waals surface area contributed by atoms with E-state index in [1.807, 2.05) is 20.8 Å². The third kappa shape index (κ3) is 4.75. The molecule has 1 aromatic heterocycles. The zero-order valence-corrected chi connectivity index (χ0v) is 13.6. The lowest BCUT2D eigenvalue weighted by molar-refractivity contribution is 0.0500. The fourth-order valence-electron chi connectivity index (χ4n) is 2.39. The van der Waals surface area contributed by atoms with Gasteiger partial charge in [-0.1, -0.05) is 0 Å². The standard InChI is InChI=1S/C15H24N4O3/c1-15(2,3)22-14(20)18-11-6-5-7-19(9-11)12-8-13(21-4)17-10-16-12/h8,10-11H,5-7,9H2,1-4H3,(H,18,20)/t11-/m0/s1. The number of anilines is 1. The Morgan fingerprint density at radius 2 is 2.18 bits per heavy atom. The maximum Gasteiger partial charge on any atom is 0.407 e. The van der Waals surface area contributed by atoms with Crippen LogP contribution in [0.4, 0.5) is 10.6 Å². The summed E-state index contributed by atoms with van der Waals surface area (Å²) in [5.74, 6) is 1.34. The Bertz CT molecular complexity index is 516. The van der Waals surface area contributed by atoms with Crippen molar-refractivity contribution in [1.82, 2.24) is 15.3 Å². The first-order valence-electron chi connectivity index (χ1n) is 7.48. The normalized spacial score (nSPS) is 18.7. The summed E-state index contributed by atoms with van der Waals surface area (Å²) in [5, 5.41) is 2.93. The predicted molar refractivity (Wildman–Crippen MR) is 83.2 cm³/mol. The first-order chi connectivity index (χ1) is 10.4. The first kappa shape index (κ1) is 16.3. The van der Waals surface area contributed by atoms with E-state index in [1.165, 1.54) is 6.33 Å². The number of piperidine rings is 1. The molecule has 0 saturated carbocycles. The van der Waals surface area contributed by atoms with Crippen molar-refractivity contribution in [2.24, 2.45) is 0 Å². The van der Waals surface area contributed by atoms with Gasteiger partial charge in [0.15, 0.2) is 0 Å². The minimum Gasteiger partial charge on any atom is -0.481 e. The van der Waals surface area contributed by atoms with Gasteiger partial charge < -0.3 is 19.7 Å². The van der Waals surface area contributed by atoms with Gasteiger partial charge in [0.25, 0.3) is 0 Å². The number of hydrogen-bond donors (Lipinski definition) is 1. The van der Waals surface area contributed by atoms with Crippen LogP contribution in [0.1, 0.15) is 33.6 Å². The summed E-state index contributed by atoms with van der Waals surface area (Å²) in [7, 11) is 1.58. The van der Waals surface area contributed by atoms with Crippen LogP contribution in [0.15, 0.2) is 12.4 Å². The third-order valence-electron chi connectivity index (χ3n) is 3.30. The molecule has 7 heteroatoms. The van der Waals surface area contributed by atoms with Gasteiger partial charge in [0.2, 0.25) is 5.88 Å². The van der Waals surface area contributed by atoms with E-state index in [-0.39, 0.29) is 12.1 Å². The molecule has 1 amide bonds. The van der Waals surface area contributed by atoms with Gasteiger partial charge in [-0.2, -0.15) is 0 Å². The average Bonchev–Trinajstić information content (AvgIpc) is 2.45. The van der Waals surface area contributed by atoms with Crippen LogP contribution in [0.3, 0.4) is 0 Å². The molecule has 7 nitrogen and oxygen atoms in total. The van der Waals surface area contributed by atoms with E-state index < -0.39 is 5.60 Å². The van der Waals surface area contributed by atoms with Crippen LogP contribution in [0.25, 0.3) is 0 Å². The van der Waals surface area contributed by atoms with Gasteiger partial charge in [0, 0.05) is 25.2 Å². The summed E-state index contributed by atoms with van der Waals surface area (Å²) in [6, 6.07) is 1.85. The Hall–Kier alpha value is -2.05. The van der Waals surface area contributed by atoms with Crippen molar-refractivity contribution in [3.05, 3.63) is 12.4 Å². The second-order valence-electron chi connectivity index (χ2n) is 6.35. The van der Waals surface area contributed by atoms with Gasteiger partial charge in [-0.3, -0.25) is 0 Å². The lowest BCUT2D eigenvalue weighted by Gasteiger charge is -2.34. The molecule has 2 rings (SSSR count). The number of carbonyl (C=O) groups is 1. The topological polar surface area (TPSA) is 76.6 Å². The number of ether oxygens (including phenoxy) is 2. The molecule has 1 atom stereocenters. The van der Waals surface area contributed by atoms with Crippen LogP contribution in [0.5, 0.6) is 5.88 Å². The molecule has 1 fully saturated rings. The molecule has 122 valence electrons. The molecule has 1 N–H and O–H groups in total. The minimum absolute atomic E-state index is 0.0459. The second-order valence-corrected chi connectivity index (χ2v) is 6.35. The fraction of sp³-hybridized carbons (Fsp3) is 0.667. The van der Waals surface area contributed by atoms with Gasteiger partial charge in [-0.25, -0.2) is 14.8 Å². The van der Waals surface area contributed by atoms with Gasteiger partial charge in [-0.15, -0.1) is 0 Å². The maximum atomic E-state index is 11.9. The van der Waals surface area contributed by atoms with Crippen LogP contribution in [-0.2, 0) is 4.74 Å². The van der Waals surface area contributed by atoms with E-state index in [0.29, 0.717) is 12.4 Å². The molecular weight excluding hydrogens is 284 g/mol. The number of methoxy groups -OCH3 is 1. The Balaban J connectivity index is 1.95. The van der Waals surface area contributed by atoms with Crippen molar-refractivity contribution in [2.75, 3.05) is 25.1 Å². The van der Waals surface area contributed by atoms with Crippen LogP contribution in [0, 0.1) is 0 Å². The largest absolute Gasteiger partial charge is 0.481 e. The highest BCUT2D eigenvalue weighted by atomic mass is 16.6. The van der Waals surface area contributed by atoms with Crippen molar-refractivity contribution >= 4 is 11.9 Å². The number of rotatable bonds is 3. The lowest BCUT2D eigenvalue weighted by atomic mass is 10.1. The summed E-state index contributed by atoms with van der Waals surface area (Å²) in [5.41, 5.74) is -0.488. The van der Waals surface area contributed by atoms with E-state index >= 15 is 0 Å². The predicted octanol–water partition coefficient (Wildman–Crippen LogP) is 1.98. The van der Waals surface area contributed by atoms with E-state index in [4.69, 9.17) is 9.47 Å². The van der Waals surface area contributed by atoms with Crippen LogP contribution < -0.4 is 15.0 Å². The second kappa shape index (κ2) is 6.81. The Kier molecular flexibility index (Phi) is 5.05. The molecule has 0 aliphatic carbocycles. The molecule has 0 spiro atoms. The molecule has 1 aliphatic rings. The molecule has 0 unspecified atom stereocenters. The van der Waals surface area contributed by atoms with Gasteiger partial charge >= 0.3 is 6.09 Å². The van der Waals surface area contributed by atoms with Crippen LogP contribution in [0.2, 0.25) is 0 Å². The van der Waals surface area contributed by atoms with Crippen molar-refractivity contribution in [1.29, 1.82) is 0 Å². The number of nitrogens with one attached hydrogen (secondary N) is 1. The zero-order valence-electron chi connectivity index (χ0n) is 13.6. The summed E-state index contributed by atoms with van der Waals surface area (Å²) < 4.78 is 10.4. The molecule has 0 bridgehead atoms. The highest BCUT2D eigenvalue weighted by Gasteiger charge is 2.25. The zero-order chi connectivity index (χ0) is 16.2. The molecule has 1 aromatic rings. The van der Waals surface area contributed by atoms with Crippen LogP contribution >= 0.6 is 0 Å². The number of hydrogen-bond acceptors (Lipinski definition) is 6. The summed E-state index contributed by atoms with van der Waals surface area (Å²) in [6.45, 7) is 7.15. The van der Waals surface area contributed by atoms with Crippen molar-refractivity contribution < 1.29 is 14.3 Å². The van der Waals surface area contributed by atoms with Crippen molar-refractivity contribution in [3.63, 3.8) is 0 Å². The molecule has 22 heavy (non-hydrogen) atoms. The van der Waals surface area contributed by atoms with Crippen molar-refractivity contribution in [3.8, 4) is 5.88 Å². The van der Waals surface area contributed by atoms with E-state index in [0.717, 1.165) is 25.2 Å². The SMILES string of the molecule is COc1cc(N2CCC[C@H](NC(=O)OC(C)(C)C)C2)ncn1. The smallest absolute Gasteiger partial charge is 0.407 e. The summed E-state index contributed by atoms with van der Waals surface area (Å²) in [6.07, 6.45) is 3.02. The maximum absolute atomic E-state index is 11.9. The monoisotopic (exact) mass is 308 g/mol. The van der Waals surface area contributed by atoms with Crippen molar-refractivity contribution in [2.45, 2.75) is 45.3 Å². The Morgan fingerprint density at radius 3 is 2.86 bits per heavy atom. The number of carbonyl (C=O) groups excluding carboxylic acids is 1. The Labute approximate surface area is 131 Å². The molecule has 2 heterocycles. The summed E-state index contributed by atoms with van der Waals surface area (Å²) in [4.78, 5) is 22.3. The quantitative estimate of drug-likeness (QED) is 0.920. The van der Waals surface area contributed by atoms with Gasteiger partial charge in [-0.05, 0) is 33.6 Å². The third-order valence-corrected chi connectivity index (χ3v) is 3.30.